The Morgan fingerprint density at radius 1 is 1.03 bits per heavy atom. The quantitative estimate of drug-likeness (QED) is 0.419. The zero-order valence-corrected chi connectivity index (χ0v) is 21.5. The summed E-state index contributed by atoms with van der Waals surface area (Å²) >= 11 is 5.97. The molecule has 9 nitrogen and oxygen atoms in total. The molecular weight excluding hydrogens is 484 g/mol. The second-order valence-electron chi connectivity index (χ2n) is 9.84. The van der Waals surface area contributed by atoms with Crippen LogP contribution in [0.1, 0.15) is 44.9 Å². The number of esters is 1. The standard InChI is InChI=1S/C26H35ClN4O5/c1-36-25(34)18-6-11-21-22(17-18)28-26(35)31(24(21)33)12-4-2-3-5-23(32)30-15-13-29(14-16-30)20-9-7-19(27)8-10-20/h7-10,18,21-22H,2-6,11-17H2,1H3,(H,28,35). The highest BCUT2D eigenvalue weighted by Gasteiger charge is 2.45. The SMILES string of the molecule is COC(=O)C1CCC2C(=O)N(CCCCCC(=O)N3CCN(c4ccc(Cl)cc4)CC3)C(=O)NC2C1. The van der Waals surface area contributed by atoms with Crippen molar-refractivity contribution in [1.82, 2.24) is 15.1 Å². The summed E-state index contributed by atoms with van der Waals surface area (Å²) in [4.78, 5) is 55.4. The van der Waals surface area contributed by atoms with E-state index in [4.69, 9.17) is 16.3 Å². The number of amides is 4. The Hall–Kier alpha value is -2.81. The number of carbonyl (C=O) groups is 4. The monoisotopic (exact) mass is 518 g/mol. The fourth-order valence-corrected chi connectivity index (χ4v) is 5.63. The van der Waals surface area contributed by atoms with Crippen LogP contribution in [0.4, 0.5) is 10.5 Å². The minimum Gasteiger partial charge on any atom is -0.469 e. The first-order chi connectivity index (χ1) is 17.4. The molecule has 0 aromatic heterocycles. The summed E-state index contributed by atoms with van der Waals surface area (Å²) in [6, 6.07) is 7.06. The molecule has 3 atom stereocenters. The molecule has 1 aliphatic carbocycles. The van der Waals surface area contributed by atoms with E-state index in [-0.39, 0.29) is 41.7 Å². The zero-order chi connectivity index (χ0) is 25.7. The van der Waals surface area contributed by atoms with Gasteiger partial charge in [0.25, 0.3) is 0 Å². The number of piperazine rings is 1. The molecule has 4 rings (SSSR count). The highest BCUT2D eigenvalue weighted by Crippen LogP contribution is 2.33. The summed E-state index contributed by atoms with van der Waals surface area (Å²) in [5.74, 6) is -0.828. The first-order valence-corrected chi connectivity index (χ1v) is 13.2. The van der Waals surface area contributed by atoms with Crippen LogP contribution >= 0.6 is 11.6 Å². The predicted molar refractivity (Wildman–Crippen MR) is 136 cm³/mol. The molecule has 1 aromatic carbocycles. The summed E-state index contributed by atoms with van der Waals surface area (Å²) in [7, 11) is 1.36. The average molecular weight is 519 g/mol. The number of benzene rings is 1. The van der Waals surface area contributed by atoms with Crippen molar-refractivity contribution in [1.29, 1.82) is 0 Å². The van der Waals surface area contributed by atoms with Crippen molar-refractivity contribution in [3.05, 3.63) is 29.3 Å². The molecule has 10 heteroatoms. The fraction of sp³-hybridized carbons (Fsp3) is 0.615. The minimum absolute atomic E-state index is 0.151. The number of hydrogen-bond donors (Lipinski definition) is 1. The molecule has 3 unspecified atom stereocenters. The molecule has 0 bridgehead atoms. The molecule has 4 amide bonds. The van der Waals surface area contributed by atoms with Crippen LogP contribution < -0.4 is 10.2 Å². The Kier molecular flexibility index (Phi) is 8.72. The molecule has 1 saturated carbocycles. The van der Waals surface area contributed by atoms with E-state index in [0.717, 1.165) is 31.6 Å². The number of carbonyl (C=O) groups excluding carboxylic acids is 4. The van der Waals surface area contributed by atoms with Crippen molar-refractivity contribution in [2.24, 2.45) is 11.8 Å². The van der Waals surface area contributed by atoms with Gasteiger partial charge in [-0.05, 0) is 56.4 Å². The molecular formula is C26H35ClN4O5. The number of rotatable bonds is 8. The lowest BCUT2D eigenvalue weighted by Crippen LogP contribution is -2.61. The topological polar surface area (TPSA) is 99.3 Å². The molecule has 0 spiro atoms. The van der Waals surface area contributed by atoms with Crippen molar-refractivity contribution < 1.29 is 23.9 Å². The average Bonchev–Trinajstić information content (AvgIpc) is 2.89. The highest BCUT2D eigenvalue weighted by molar-refractivity contribution is 6.30. The Morgan fingerprint density at radius 3 is 2.44 bits per heavy atom. The van der Waals surface area contributed by atoms with E-state index in [2.05, 4.69) is 10.2 Å². The molecule has 3 fully saturated rings. The number of unbranched alkanes of at least 4 members (excludes halogenated alkanes) is 2. The van der Waals surface area contributed by atoms with E-state index in [9.17, 15) is 19.2 Å². The number of urea groups is 1. The van der Waals surface area contributed by atoms with Gasteiger partial charge in [0, 0.05) is 55.9 Å². The van der Waals surface area contributed by atoms with Gasteiger partial charge in [-0.25, -0.2) is 4.79 Å². The minimum atomic E-state index is -0.388. The predicted octanol–water partition coefficient (Wildman–Crippen LogP) is 3.06. The van der Waals surface area contributed by atoms with Gasteiger partial charge in [-0.2, -0.15) is 0 Å². The molecule has 2 saturated heterocycles. The van der Waals surface area contributed by atoms with Gasteiger partial charge >= 0.3 is 12.0 Å². The number of nitrogens with one attached hydrogen (secondary N) is 1. The maximum atomic E-state index is 12.9. The summed E-state index contributed by atoms with van der Waals surface area (Å²) < 4.78 is 4.82. The molecule has 3 aliphatic rings. The third-order valence-electron chi connectivity index (χ3n) is 7.62. The number of anilines is 1. The Morgan fingerprint density at radius 2 is 1.75 bits per heavy atom. The summed E-state index contributed by atoms with van der Waals surface area (Å²) in [5, 5.41) is 3.63. The van der Waals surface area contributed by atoms with E-state index in [1.807, 2.05) is 29.2 Å². The normalized spacial score (nSPS) is 24.3. The Balaban J connectivity index is 1.14. The van der Waals surface area contributed by atoms with Gasteiger partial charge in [0.05, 0.1) is 18.9 Å². The van der Waals surface area contributed by atoms with Gasteiger partial charge in [0.1, 0.15) is 0 Å². The van der Waals surface area contributed by atoms with Crippen LogP contribution in [-0.4, -0.2) is 79.5 Å². The second kappa shape index (κ2) is 12.0. The fourth-order valence-electron chi connectivity index (χ4n) is 5.50. The maximum absolute atomic E-state index is 12.9. The maximum Gasteiger partial charge on any atom is 0.324 e. The Bertz CT molecular complexity index is 964. The second-order valence-corrected chi connectivity index (χ2v) is 10.3. The molecule has 1 N–H and O–H groups in total. The number of nitrogens with zero attached hydrogens (tertiary/aromatic N) is 3. The first kappa shape index (κ1) is 26.3. The lowest BCUT2D eigenvalue weighted by atomic mass is 9.76. The highest BCUT2D eigenvalue weighted by atomic mass is 35.5. The van der Waals surface area contributed by atoms with Crippen LogP contribution in [0, 0.1) is 11.8 Å². The van der Waals surface area contributed by atoms with Crippen molar-refractivity contribution in [3.63, 3.8) is 0 Å². The van der Waals surface area contributed by atoms with Crippen LogP contribution in [-0.2, 0) is 19.1 Å². The number of methoxy groups -OCH3 is 1. The lowest BCUT2D eigenvalue weighted by molar-refractivity contribution is -0.149. The summed E-state index contributed by atoms with van der Waals surface area (Å²) in [5.41, 5.74) is 1.12. The number of fused-ring (bicyclic) bond motifs is 1. The van der Waals surface area contributed by atoms with E-state index in [0.29, 0.717) is 56.8 Å². The van der Waals surface area contributed by atoms with E-state index < -0.39 is 0 Å². The number of halogens is 1. The van der Waals surface area contributed by atoms with Gasteiger partial charge in [-0.15, -0.1) is 0 Å². The largest absolute Gasteiger partial charge is 0.469 e. The first-order valence-electron chi connectivity index (χ1n) is 12.9. The molecule has 196 valence electrons. The van der Waals surface area contributed by atoms with Crippen molar-refractivity contribution in [2.45, 2.75) is 51.0 Å². The van der Waals surface area contributed by atoms with Gasteiger partial charge in [-0.3, -0.25) is 19.3 Å². The van der Waals surface area contributed by atoms with Crippen LogP contribution in [0.3, 0.4) is 0 Å². The van der Waals surface area contributed by atoms with E-state index >= 15 is 0 Å². The number of hydrogen-bond acceptors (Lipinski definition) is 6. The smallest absolute Gasteiger partial charge is 0.324 e. The van der Waals surface area contributed by atoms with Gasteiger partial charge in [-0.1, -0.05) is 18.0 Å². The summed E-state index contributed by atoms with van der Waals surface area (Å²) in [6.45, 7) is 3.33. The Labute approximate surface area is 217 Å². The van der Waals surface area contributed by atoms with Crippen molar-refractivity contribution >= 4 is 41.1 Å². The van der Waals surface area contributed by atoms with Gasteiger partial charge in [0.2, 0.25) is 11.8 Å². The molecule has 36 heavy (non-hydrogen) atoms. The van der Waals surface area contributed by atoms with Crippen LogP contribution in [0.15, 0.2) is 24.3 Å². The molecule has 1 aromatic rings. The zero-order valence-electron chi connectivity index (χ0n) is 20.8. The van der Waals surface area contributed by atoms with E-state index in [1.54, 1.807) is 0 Å². The van der Waals surface area contributed by atoms with Gasteiger partial charge in [0.15, 0.2) is 0 Å². The van der Waals surface area contributed by atoms with Crippen molar-refractivity contribution in [2.75, 3.05) is 44.7 Å². The van der Waals surface area contributed by atoms with E-state index in [1.165, 1.54) is 12.0 Å². The van der Waals surface area contributed by atoms with Crippen LogP contribution in [0.5, 0.6) is 0 Å². The van der Waals surface area contributed by atoms with Crippen molar-refractivity contribution in [3.8, 4) is 0 Å². The van der Waals surface area contributed by atoms with Crippen LogP contribution in [0.25, 0.3) is 0 Å². The summed E-state index contributed by atoms with van der Waals surface area (Å²) in [6.07, 6.45) is 4.25. The third kappa shape index (κ3) is 6.11. The third-order valence-corrected chi connectivity index (χ3v) is 7.87. The number of imide groups is 1. The lowest BCUT2D eigenvalue weighted by Gasteiger charge is -2.41. The molecule has 2 heterocycles. The number of ether oxygens (including phenoxy) is 1. The van der Waals surface area contributed by atoms with Gasteiger partial charge < -0.3 is 19.9 Å². The molecule has 0 radical (unpaired) electrons. The van der Waals surface area contributed by atoms with Crippen LogP contribution in [0.2, 0.25) is 5.02 Å². The molecule has 2 aliphatic heterocycles.